The number of benzene rings is 1. The maximum atomic E-state index is 12.7. The van der Waals surface area contributed by atoms with E-state index in [4.69, 9.17) is 35.8 Å². The van der Waals surface area contributed by atoms with Crippen molar-refractivity contribution < 1.29 is 28.5 Å². The minimum Gasteiger partial charge on any atom is -0.379 e. The van der Waals surface area contributed by atoms with E-state index in [2.05, 4.69) is 64.8 Å². The van der Waals surface area contributed by atoms with Gasteiger partial charge in [-0.25, -0.2) is 0 Å². The Morgan fingerprint density at radius 3 is 1.84 bits per heavy atom. The third kappa shape index (κ3) is 19.9. The van der Waals surface area contributed by atoms with E-state index in [1.54, 1.807) is 4.90 Å². The molecule has 0 aliphatic heterocycles. The van der Waals surface area contributed by atoms with E-state index in [0.29, 0.717) is 79.2 Å². The zero-order valence-corrected chi connectivity index (χ0v) is 28.6. The lowest BCUT2D eigenvalue weighted by Crippen LogP contribution is -2.33. The highest BCUT2D eigenvalue weighted by Crippen LogP contribution is 2.46. The van der Waals surface area contributed by atoms with Gasteiger partial charge in [0, 0.05) is 22.7 Å². The zero-order chi connectivity index (χ0) is 32.4. The fraction of sp³-hybridized carbons (Fsp3) is 0.676. The standard InChI is InChI=1S/C32H52N2O6S.C2H6/c1-7-16-34(17-10-12-28-11-8-9-13-29(28)41-32(5,6)31(2,3)4)30(35)14-18-36-20-22-38-24-26-40-27-25-39-23-21-37-19-15-33;1-2/h1,8-13H,14-27,33H2,2-6H3;1-2H3/b12-10+;. The molecule has 0 fully saturated rings. The molecule has 0 aromatic heterocycles. The molecule has 43 heavy (non-hydrogen) atoms. The molecule has 1 rings (SSSR count). The van der Waals surface area contributed by atoms with Crippen molar-refractivity contribution in [1.29, 1.82) is 0 Å². The number of rotatable bonds is 23. The molecule has 0 saturated carbocycles. The van der Waals surface area contributed by atoms with Gasteiger partial charge < -0.3 is 34.3 Å². The Kier molecular flexibility index (Phi) is 24.3. The molecule has 2 N–H and O–H groups in total. The molecular formula is C34H58N2O6S. The van der Waals surface area contributed by atoms with Crippen LogP contribution in [0.1, 0.15) is 60.5 Å². The summed E-state index contributed by atoms with van der Waals surface area (Å²) in [6, 6.07) is 8.35. The lowest BCUT2D eigenvalue weighted by molar-refractivity contribution is -0.131. The molecule has 9 heteroatoms. The van der Waals surface area contributed by atoms with Crippen LogP contribution >= 0.6 is 11.8 Å². The number of amides is 1. The molecule has 0 bridgehead atoms. The summed E-state index contributed by atoms with van der Waals surface area (Å²) in [5.74, 6) is 2.55. The van der Waals surface area contributed by atoms with Crippen LogP contribution in [0.25, 0.3) is 6.08 Å². The van der Waals surface area contributed by atoms with Gasteiger partial charge in [0.25, 0.3) is 0 Å². The first-order chi connectivity index (χ1) is 20.6. The Morgan fingerprint density at radius 2 is 1.35 bits per heavy atom. The van der Waals surface area contributed by atoms with E-state index >= 15 is 0 Å². The number of ether oxygens (including phenoxy) is 5. The summed E-state index contributed by atoms with van der Waals surface area (Å²) in [5.41, 5.74) is 6.62. The Balaban J connectivity index is 0.00000862. The zero-order valence-electron chi connectivity index (χ0n) is 27.8. The molecule has 1 aromatic rings. The van der Waals surface area contributed by atoms with Gasteiger partial charge >= 0.3 is 0 Å². The number of carbonyl (C=O) groups excluding carboxylic acids is 1. The summed E-state index contributed by atoms with van der Waals surface area (Å²) in [5, 5.41) is 0. The molecule has 0 aliphatic carbocycles. The molecular weight excluding hydrogens is 564 g/mol. The second-order valence-electron chi connectivity index (χ2n) is 10.9. The van der Waals surface area contributed by atoms with Crippen molar-refractivity contribution in [3.8, 4) is 12.3 Å². The molecule has 0 atom stereocenters. The van der Waals surface area contributed by atoms with Gasteiger partial charge in [-0.1, -0.05) is 70.9 Å². The van der Waals surface area contributed by atoms with Gasteiger partial charge in [0.1, 0.15) is 0 Å². The Labute approximate surface area is 266 Å². The van der Waals surface area contributed by atoms with Crippen LogP contribution < -0.4 is 5.73 Å². The van der Waals surface area contributed by atoms with Crippen molar-refractivity contribution in [3.63, 3.8) is 0 Å². The average Bonchev–Trinajstić information content (AvgIpc) is 2.97. The maximum Gasteiger partial charge on any atom is 0.225 e. The number of thioether (sulfide) groups is 1. The van der Waals surface area contributed by atoms with Crippen LogP contribution in [0, 0.1) is 17.8 Å². The third-order valence-electron chi connectivity index (χ3n) is 6.56. The van der Waals surface area contributed by atoms with Gasteiger partial charge in [-0.3, -0.25) is 4.79 Å². The van der Waals surface area contributed by atoms with Crippen molar-refractivity contribution in [2.75, 3.05) is 85.7 Å². The lowest BCUT2D eigenvalue weighted by atomic mass is 9.83. The summed E-state index contributed by atoms with van der Waals surface area (Å²) in [6.07, 6.45) is 9.87. The number of nitrogens with zero attached hydrogens (tertiary/aromatic N) is 1. The van der Waals surface area contributed by atoms with Crippen LogP contribution in [-0.2, 0) is 28.5 Å². The van der Waals surface area contributed by atoms with E-state index in [-0.39, 0.29) is 29.0 Å². The molecule has 0 radical (unpaired) electrons. The minimum absolute atomic E-state index is 0.0355. The summed E-state index contributed by atoms with van der Waals surface area (Å²) < 4.78 is 27.2. The third-order valence-corrected chi connectivity index (χ3v) is 8.27. The number of terminal acetylenes is 1. The molecule has 8 nitrogen and oxygen atoms in total. The summed E-state index contributed by atoms with van der Waals surface area (Å²) in [6.45, 7) is 21.3. The first-order valence-electron chi connectivity index (χ1n) is 15.4. The molecule has 246 valence electrons. The van der Waals surface area contributed by atoms with E-state index in [9.17, 15) is 4.79 Å². The lowest BCUT2D eigenvalue weighted by Gasteiger charge is -2.38. The van der Waals surface area contributed by atoms with Crippen LogP contribution in [0.15, 0.2) is 35.2 Å². The Bertz CT molecular complexity index is 911. The maximum absolute atomic E-state index is 12.7. The largest absolute Gasteiger partial charge is 0.379 e. The number of carbonyl (C=O) groups is 1. The summed E-state index contributed by atoms with van der Waals surface area (Å²) in [7, 11) is 0. The highest BCUT2D eigenvalue weighted by atomic mass is 32.2. The molecule has 1 aromatic carbocycles. The van der Waals surface area contributed by atoms with Crippen molar-refractivity contribution in [1.82, 2.24) is 4.90 Å². The first-order valence-corrected chi connectivity index (χ1v) is 16.2. The van der Waals surface area contributed by atoms with Crippen LogP contribution in [0.3, 0.4) is 0 Å². The SMILES string of the molecule is C#CCN(C/C=C/c1ccccc1SC(C)(C)C(C)(C)C)C(=O)CCOCCOCCOCCOCCOCCN.CC. The molecule has 0 aliphatic rings. The highest BCUT2D eigenvalue weighted by molar-refractivity contribution is 8.00. The highest BCUT2D eigenvalue weighted by Gasteiger charge is 2.34. The second-order valence-corrected chi connectivity index (χ2v) is 12.5. The average molecular weight is 623 g/mol. The predicted octanol–water partition coefficient (Wildman–Crippen LogP) is 5.54. The Morgan fingerprint density at radius 1 is 0.860 bits per heavy atom. The number of nitrogens with two attached hydrogens (primary N) is 1. The summed E-state index contributed by atoms with van der Waals surface area (Å²) >= 11 is 1.87. The van der Waals surface area contributed by atoms with Crippen LogP contribution in [0.4, 0.5) is 0 Å². The van der Waals surface area contributed by atoms with Crippen LogP contribution in [0.5, 0.6) is 0 Å². The molecule has 0 spiro atoms. The normalized spacial score (nSPS) is 11.7. The van der Waals surface area contributed by atoms with E-state index in [1.165, 1.54) is 4.90 Å². The minimum atomic E-state index is -0.0355. The van der Waals surface area contributed by atoms with Gasteiger partial charge in [-0.05, 0) is 30.9 Å². The fourth-order valence-electron chi connectivity index (χ4n) is 3.19. The van der Waals surface area contributed by atoms with E-state index in [0.717, 1.165) is 5.56 Å². The molecule has 0 saturated heterocycles. The summed E-state index contributed by atoms with van der Waals surface area (Å²) in [4.78, 5) is 15.6. The molecule has 0 unspecified atom stereocenters. The first kappa shape index (κ1) is 41.1. The second kappa shape index (κ2) is 25.4. The van der Waals surface area contributed by atoms with Gasteiger partial charge in [0.2, 0.25) is 5.91 Å². The Hall–Kier alpha value is -1.90. The van der Waals surface area contributed by atoms with Gasteiger partial charge in [0.05, 0.1) is 79.0 Å². The van der Waals surface area contributed by atoms with Crippen molar-refractivity contribution in [2.24, 2.45) is 11.1 Å². The van der Waals surface area contributed by atoms with E-state index in [1.807, 2.05) is 37.8 Å². The van der Waals surface area contributed by atoms with E-state index < -0.39 is 0 Å². The molecule has 1 amide bonds. The smallest absolute Gasteiger partial charge is 0.225 e. The van der Waals surface area contributed by atoms with Crippen molar-refractivity contribution in [2.45, 2.75) is 64.5 Å². The van der Waals surface area contributed by atoms with Gasteiger partial charge in [-0.15, -0.1) is 18.2 Å². The van der Waals surface area contributed by atoms with Crippen molar-refractivity contribution in [3.05, 3.63) is 35.9 Å². The fourth-order valence-corrected chi connectivity index (χ4v) is 4.45. The monoisotopic (exact) mass is 622 g/mol. The predicted molar refractivity (Wildman–Crippen MR) is 179 cm³/mol. The number of hydrogen-bond acceptors (Lipinski definition) is 8. The van der Waals surface area contributed by atoms with Gasteiger partial charge in [-0.2, -0.15) is 0 Å². The number of hydrogen-bond donors (Lipinski definition) is 1. The quantitative estimate of drug-likeness (QED) is 0.0967. The van der Waals surface area contributed by atoms with Crippen LogP contribution in [0.2, 0.25) is 0 Å². The van der Waals surface area contributed by atoms with Crippen LogP contribution in [-0.4, -0.2) is 101 Å². The molecule has 0 heterocycles. The van der Waals surface area contributed by atoms with Gasteiger partial charge in [0.15, 0.2) is 0 Å². The van der Waals surface area contributed by atoms with Crippen molar-refractivity contribution >= 4 is 23.7 Å². The topological polar surface area (TPSA) is 92.5 Å².